The lowest BCUT2D eigenvalue weighted by molar-refractivity contribution is -0.119. The molecule has 1 N–H and O–H groups in total. The molecule has 0 unspecified atom stereocenters. The molecule has 0 aromatic heterocycles. The van der Waals surface area contributed by atoms with Crippen LogP contribution in [-0.4, -0.2) is 18.5 Å². The summed E-state index contributed by atoms with van der Waals surface area (Å²) in [4.78, 5) is 24.3. The van der Waals surface area contributed by atoms with Gasteiger partial charge in [-0.3, -0.25) is 4.79 Å². The van der Waals surface area contributed by atoms with Crippen LogP contribution in [-0.2, 0) is 16.0 Å². The van der Waals surface area contributed by atoms with Crippen molar-refractivity contribution in [1.29, 1.82) is 0 Å². The van der Waals surface area contributed by atoms with Crippen LogP contribution in [0.25, 0.3) is 0 Å². The number of benzene rings is 3. The first-order valence-corrected chi connectivity index (χ1v) is 9.32. The third-order valence-corrected chi connectivity index (χ3v) is 4.40. The van der Waals surface area contributed by atoms with Crippen molar-refractivity contribution in [2.24, 2.45) is 0 Å². The van der Waals surface area contributed by atoms with E-state index in [1.807, 2.05) is 54.6 Å². The van der Waals surface area contributed by atoms with Gasteiger partial charge in [0.05, 0.1) is 5.56 Å². The second-order valence-corrected chi connectivity index (χ2v) is 6.97. The number of esters is 1. The molecule has 0 aliphatic heterocycles. The van der Waals surface area contributed by atoms with Gasteiger partial charge in [0.2, 0.25) is 0 Å². The minimum absolute atomic E-state index is 0.190. The maximum Gasteiger partial charge on any atom is 0.338 e. The van der Waals surface area contributed by atoms with Crippen LogP contribution in [0.15, 0.2) is 72.8 Å². The molecule has 0 aliphatic rings. The molecule has 0 fully saturated rings. The van der Waals surface area contributed by atoms with Crippen molar-refractivity contribution in [1.82, 2.24) is 0 Å². The van der Waals surface area contributed by atoms with Gasteiger partial charge in [0, 0.05) is 15.7 Å². The summed E-state index contributed by atoms with van der Waals surface area (Å²) in [6, 6.07) is 21.8. The van der Waals surface area contributed by atoms with Crippen molar-refractivity contribution in [3.63, 3.8) is 0 Å². The molecule has 0 heterocycles. The predicted molar refractivity (Wildman–Crippen MR) is 111 cm³/mol. The highest BCUT2D eigenvalue weighted by atomic mass is 35.5. The lowest BCUT2D eigenvalue weighted by Crippen LogP contribution is -2.21. The lowest BCUT2D eigenvalue weighted by atomic mass is 10.0. The number of nitrogens with one attached hydrogen (secondary N) is 1. The van der Waals surface area contributed by atoms with E-state index in [2.05, 4.69) is 5.32 Å². The average molecular weight is 414 g/mol. The zero-order chi connectivity index (χ0) is 19.9. The van der Waals surface area contributed by atoms with Gasteiger partial charge < -0.3 is 10.1 Å². The summed E-state index contributed by atoms with van der Waals surface area (Å²) in [5.41, 5.74) is 2.97. The summed E-state index contributed by atoms with van der Waals surface area (Å²) < 4.78 is 5.06. The fourth-order valence-electron chi connectivity index (χ4n) is 2.68. The van der Waals surface area contributed by atoms with Gasteiger partial charge in [0.25, 0.3) is 5.91 Å². The monoisotopic (exact) mass is 413 g/mol. The van der Waals surface area contributed by atoms with E-state index >= 15 is 0 Å². The van der Waals surface area contributed by atoms with E-state index < -0.39 is 18.5 Å². The van der Waals surface area contributed by atoms with E-state index in [1.165, 1.54) is 18.2 Å². The van der Waals surface area contributed by atoms with E-state index in [9.17, 15) is 9.59 Å². The molecule has 0 saturated carbocycles. The van der Waals surface area contributed by atoms with Crippen molar-refractivity contribution < 1.29 is 14.3 Å². The van der Waals surface area contributed by atoms with Crippen LogP contribution in [0.1, 0.15) is 21.5 Å². The van der Waals surface area contributed by atoms with Gasteiger partial charge in [0.15, 0.2) is 6.61 Å². The Balaban J connectivity index is 1.61. The van der Waals surface area contributed by atoms with E-state index in [4.69, 9.17) is 27.9 Å². The number of anilines is 1. The third-order valence-electron chi connectivity index (χ3n) is 3.96. The standard InChI is InChI=1S/C22H17Cl2NO3/c23-18-11-17(12-19(24)13-18)22(27)28-14-21(26)25-20-9-5-4-8-16(20)10-15-6-2-1-3-7-15/h1-9,11-13H,10,14H2,(H,25,26). The summed E-state index contributed by atoms with van der Waals surface area (Å²) in [5, 5.41) is 3.43. The Kier molecular flexibility index (Phi) is 6.69. The average Bonchev–Trinajstić information content (AvgIpc) is 2.68. The highest BCUT2D eigenvalue weighted by Gasteiger charge is 2.13. The van der Waals surface area contributed by atoms with Gasteiger partial charge in [0.1, 0.15) is 0 Å². The number of carbonyl (C=O) groups is 2. The number of rotatable bonds is 6. The molecular weight excluding hydrogens is 397 g/mol. The second-order valence-electron chi connectivity index (χ2n) is 6.10. The Morgan fingerprint density at radius 1 is 0.857 bits per heavy atom. The van der Waals surface area contributed by atoms with E-state index in [-0.39, 0.29) is 5.56 Å². The number of amides is 1. The van der Waals surface area contributed by atoms with Crippen LogP contribution in [0.4, 0.5) is 5.69 Å². The van der Waals surface area contributed by atoms with E-state index in [0.29, 0.717) is 22.2 Å². The molecule has 3 aromatic rings. The van der Waals surface area contributed by atoms with Crippen molar-refractivity contribution in [2.45, 2.75) is 6.42 Å². The van der Waals surface area contributed by atoms with E-state index in [1.54, 1.807) is 0 Å². The number of carbonyl (C=O) groups excluding carboxylic acids is 2. The minimum Gasteiger partial charge on any atom is -0.452 e. The topological polar surface area (TPSA) is 55.4 Å². The van der Waals surface area contributed by atoms with Gasteiger partial charge in [-0.15, -0.1) is 0 Å². The molecule has 142 valence electrons. The summed E-state index contributed by atoms with van der Waals surface area (Å²) >= 11 is 11.8. The van der Waals surface area contributed by atoms with Crippen LogP contribution in [0.5, 0.6) is 0 Å². The highest BCUT2D eigenvalue weighted by molar-refractivity contribution is 6.35. The molecule has 4 nitrogen and oxygen atoms in total. The smallest absolute Gasteiger partial charge is 0.338 e. The van der Waals surface area contributed by atoms with Crippen LogP contribution >= 0.6 is 23.2 Å². The fourth-order valence-corrected chi connectivity index (χ4v) is 3.21. The lowest BCUT2D eigenvalue weighted by Gasteiger charge is -2.12. The minimum atomic E-state index is -0.669. The summed E-state index contributed by atoms with van der Waals surface area (Å²) in [6.45, 7) is -0.414. The SMILES string of the molecule is O=C(COC(=O)c1cc(Cl)cc(Cl)c1)Nc1ccccc1Cc1ccccc1. The normalized spacial score (nSPS) is 10.4. The molecule has 0 aliphatic carbocycles. The van der Waals surface area contributed by atoms with Crippen LogP contribution in [0.3, 0.4) is 0 Å². The zero-order valence-electron chi connectivity index (χ0n) is 14.8. The third kappa shape index (κ3) is 5.59. The van der Waals surface area contributed by atoms with Gasteiger partial charge in [-0.2, -0.15) is 0 Å². The van der Waals surface area contributed by atoms with Crippen LogP contribution in [0, 0.1) is 0 Å². The first-order valence-electron chi connectivity index (χ1n) is 8.56. The first-order chi connectivity index (χ1) is 13.5. The quantitative estimate of drug-likeness (QED) is 0.551. The van der Waals surface area contributed by atoms with Crippen molar-refractivity contribution in [3.05, 3.63) is 99.5 Å². The number of halogens is 2. The molecule has 0 radical (unpaired) electrons. The maximum absolute atomic E-state index is 12.2. The second kappa shape index (κ2) is 9.40. The maximum atomic E-state index is 12.2. The fraction of sp³-hybridized carbons (Fsp3) is 0.0909. The Morgan fingerprint density at radius 2 is 1.50 bits per heavy atom. The summed E-state index contributed by atoms with van der Waals surface area (Å²) in [6.07, 6.45) is 0.679. The molecule has 3 aromatic carbocycles. The first kappa shape index (κ1) is 19.9. The molecule has 1 amide bonds. The van der Waals surface area contributed by atoms with Crippen LogP contribution < -0.4 is 5.32 Å². The Bertz CT molecular complexity index is 970. The molecule has 28 heavy (non-hydrogen) atoms. The predicted octanol–water partition coefficient (Wildman–Crippen LogP) is 5.38. The Hall–Kier alpha value is -2.82. The molecule has 0 bridgehead atoms. The number of ether oxygens (including phenoxy) is 1. The van der Waals surface area contributed by atoms with Gasteiger partial charge in [-0.05, 0) is 41.8 Å². The summed E-state index contributed by atoms with van der Waals surface area (Å²) in [5.74, 6) is -1.10. The summed E-state index contributed by atoms with van der Waals surface area (Å²) in [7, 11) is 0. The van der Waals surface area contributed by atoms with Gasteiger partial charge >= 0.3 is 5.97 Å². The molecule has 0 spiro atoms. The number of hydrogen-bond donors (Lipinski definition) is 1. The molecular formula is C22H17Cl2NO3. The van der Waals surface area contributed by atoms with Gasteiger partial charge in [-0.25, -0.2) is 4.79 Å². The largest absolute Gasteiger partial charge is 0.452 e. The molecule has 3 rings (SSSR count). The molecule has 0 saturated heterocycles. The van der Waals surface area contributed by atoms with Crippen molar-refractivity contribution >= 4 is 40.8 Å². The molecule has 0 atom stereocenters. The molecule has 6 heteroatoms. The zero-order valence-corrected chi connectivity index (χ0v) is 16.3. The van der Waals surface area contributed by atoms with Crippen molar-refractivity contribution in [3.8, 4) is 0 Å². The van der Waals surface area contributed by atoms with E-state index in [0.717, 1.165) is 11.1 Å². The van der Waals surface area contributed by atoms with Crippen LogP contribution in [0.2, 0.25) is 10.0 Å². The Labute approximate surface area is 173 Å². The number of para-hydroxylation sites is 1. The highest BCUT2D eigenvalue weighted by Crippen LogP contribution is 2.21. The van der Waals surface area contributed by atoms with Crippen molar-refractivity contribution in [2.75, 3.05) is 11.9 Å². The van der Waals surface area contributed by atoms with Gasteiger partial charge in [-0.1, -0.05) is 71.7 Å². The number of hydrogen-bond acceptors (Lipinski definition) is 3. The Morgan fingerprint density at radius 3 is 2.21 bits per heavy atom.